The molecule has 6 rings (SSSR count). The van der Waals surface area contributed by atoms with Crippen molar-refractivity contribution in [2.24, 2.45) is 0 Å². The van der Waals surface area contributed by atoms with Crippen LogP contribution in [0.3, 0.4) is 0 Å². The smallest absolute Gasteiger partial charge is 0.418 e. The van der Waals surface area contributed by atoms with E-state index in [4.69, 9.17) is 9.47 Å². The van der Waals surface area contributed by atoms with Gasteiger partial charge in [0.1, 0.15) is 17.3 Å². The third kappa shape index (κ3) is 7.21. The van der Waals surface area contributed by atoms with Crippen LogP contribution in [0, 0.1) is 13.8 Å². The number of aromatic nitrogens is 3. The van der Waals surface area contributed by atoms with Gasteiger partial charge < -0.3 is 24.3 Å². The summed E-state index contributed by atoms with van der Waals surface area (Å²) < 4.78 is 13.8. The summed E-state index contributed by atoms with van der Waals surface area (Å²) in [7, 11) is 4.09. The first-order valence-corrected chi connectivity index (χ1v) is 15.9. The number of nitrogens with one attached hydrogen (secondary N) is 2. The van der Waals surface area contributed by atoms with Crippen LogP contribution in [0.15, 0.2) is 91.1 Å². The molecule has 0 fully saturated rings. The van der Waals surface area contributed by atoms with Gasteiger partial charge in [0.15, 0.2) is 0 Å². The number of carbonyl (C=O) groups is 1. The van der Waals surface area contributed by atoms with E-state index in [0.29, 0.717) is 24.1 Å². The van der Waals surface area contributed by atoms with E-state index >= 15 is 0 Å². The van der Waals surface area contributed by atoms with Crippen molar-refractivity contribution in [2.75, 3.05) is 37.9 Å². The van der Waals surface area contributed by atoms with Gasteiger partial charge in [0, 0.05) is 46.8 Å². The Morgan fingerprint density at radius 1 is 0.894 bits per heavy atom. The molecular formula is C38H40N6O3. The molecule has 2 heterocycles. The van der Waals surface area contributed by atoms with Crippen LogP contribution in [0.1, 0.15) is 24.5 Å². The fourth-order valence-corrected chi connectivity index (χ4v) is 5.78. The molecule has 0 spiro atoms. The van der Waals surface area contributed by atoms with Gasteiger partial charge in [-0.1, -0.05) is 24.3 Å². The second kappa shape index (κ2) is 13.9. The van der Waals surface area contributed by atoms with Crippen molar-refractivity contribution in [3.05, 3.63) is 102 Å². The normalized spacial score (nSPS) is 11.3. The van der Waals surface area contributed by atoms with E-state index < -0.39 is 6.09 Å². The van der Waals surface area contributed by atoms with E-state index in [0.717, 1.165) is 58.3 Å². The second-order valence-corrected chi connectivity index (χ2v) is 11.8. The molecule has 240 valence electrons. The summed E-state index contributed by atoms with van der Waals surface area (Å²) in [5.74, 6) is 1.90. The third-order valence-corrected chi connectivity index (χ3v) is 8.29. The molecule has 2 N–H and O–H groups in total. The molecule has 0 saturated carbocycles. The van der Waals surface area contributed by atoms with Crippen LogP contribution in [0.2, 0.25) is 0 Å². The van der Waals surface area contributed by atoms with Crippen LogP contribution in [0.5, 0.6) is 11.5 Å². The first kappa shape index (κ1) is 31.6. The summed E-state index contributed by atoms with van der Waals surface area (Å²) in [4.78, 5) is 23.8. The SMILES string of the molecule is CCn1c2ccc(OC(=O)Nc3ccnc(Nc4ccc(OCCCN(C)C)cc4)n3)cc2c2cc(-c3cccc(C)c3C)ccc21. The number of carbonyl (C=O) groups excluding carboxylic acids is 1. The molecule has 1 amide bonds. The molecule has 0 atom stereocenters. The number of hydrogen-bond acceptors (Lipinski definition) is 7. The average molecular weight is 629 g/mol. The maximum atomic E-state index is 13.0. The van der Waals surface area contributed by atoms with Crippen molar-refractivity contribution < 1.29 is 14.3 Å². The lowest BCUT2D eigenvalue weighted by Gasteiger charge is -2.11. The maximum Gasteiger partial charge on any atom is 0.418 e. The minimum atomic E-state index is -0.639. The highest BCUT2D eigenvalue weighted by molar-refractivity contribution is 6.10. The van der Waals surface area contributed by atoms with Gasteiger partial charge in [-0.2, -0.15) is 4.98 Å². The molecule has 0 aliphatic rings. The van der Waals surface area contributed by atoms with Crippen LogP contribution in [-0.2, 0) is 6.54 Å². The van der Waals surface area contributed by atoms with Crippen LogP contribution < -0.4 is 20.1 Å². The molecule has 47 heavy (non-hydrogen) atoms. The molecule has 0 bridgehead atoms. The van der Waals surface area contributed by atoms with Gasteiger partial charge in [-0.25, -0.2) is 9.78 Å². The summed E-state index contributed by atoms with van der Waals surface area (Å²) in [6.07, 6.45) is 1.89. The molecule has 9 heteroatoms. The largest absolute Gasteiger partial charge is 0.494 e. The number of benzene rings is 4. The lowest BCUT2D eigenvalue weighted by Crippen LogP contribution is -2.18. The van der Waals surface area contributed by atoms with Crippen molar-refractivity contribution in [2.45, 2.75) is 33.7 Å². The van der Waals surface area contributed by atoms with Crippen molar-refractivity contribution in [1.29, 1.82) is 0 Å². The van der Waals surface area contributed by atoms with Crippen molar-refractivity contribution in [3.63, 3.8) is 0 Å². The van der Waals surface area contributed by atoms with Gasteiger partial charge in [0.2, 0.25) is 5.95 Å². The van der Waals surface area contributed by atoms with Crippen molar-refractivity contribution >= 4 is 45.4 Å². The van der Waals surface area contributed by atoms with E-state index in [9.17, 15) is 4.79 Å². The van der Waals surface area contributed by atoms with Crippen LogP contribution in [0.25, 0.3) is 32.9 Å². The number of ether oxygens (including phenoxy) is 2. The van der Waals surface area contributed by atoms with E-state index in [1.165, 1.54) is 16.7 Å². The predicted molar refractivity (Wildman–Crippen MR) is 190 cm³/mol. The fraction of sp³-hybridized carbons (Fsp3) is 0.237. The van der Waals surface area contributed by atoms with E-state index in [2.05, 4.69) is 87.2 Å². The lowest BCUT2D eigenvalue weighted by atomic mass is 9.96. The Kier molecular flexibility index (Phi) is 9.35. The Labute approximate surface area is 275 Å². The molecule has 0 aliphatic heterocycles. The highest BCUT2D eigenvalue weighted by atomic mass is 16.6. The van der Waals surface area contributed by atoms with Gasteiger partial charge >= 0.3 is 6.09 Å². The Morgan fingerprint density at radius 2 is 1.64 bits per heavy atom. The third-order valence-electron chi connectivity index (χ3n) is 8.29. The fourth-order valence-electron chi connectivity index (χ4n) is 5.78. The van der Waals surface area contributed by atoms with Gasteiger partial charge in [-0.15, -0.1) is 0 Å². The second-order valence-electron chi connectivity index (χ2n) is 11.8. The topological polar surface area (TPSA) is 93.5 Å². The Balaban J connectivity index is 1.15. The van der Waals surface area contributed by atoms with Gasteiger partial charge in [0.05, 0.1) is 6.61 Å². The van der Waals surface area contributed by atoms with Crippen LogP contribution >= 0.6 is 0 Å². The first-order valence-electron chi connectivity index (χ1n) is 15.9. The molecule has 4 aromatic carbocycles. The Hall–Kier alpha value is -5.41. The minimum absolute atomic E-state index is 0.315. The quantitative estimate of drug-likeness (QED) is 0.139. The lowest BCUT2D eigenvalue weighted by molar-refractivity contribution is 0.215. The molecule has 6 aromatic rings. The van der Waals surface area contributed by atoms with Crippen molar-refractivity contribution in [1.82, 2.24) is 19.4 Å². The number of nitrogens with zero attached hydrogens (tertiary/aromatic N) is 4. The maximum absolute atomic E-state index is 13.0. The Morgan fingerprint density at radius 3 is 2.40 bits per heavy atom. The van der Waals surface area contributed by atoms with Crippen molar-refractivity contribution in [3.8, 4) is 22.6 Å². The van der Waals surface area contributed by atoms with E-state index in [1.54, 1.807) is 12.3 Å². The average Bonchev–Trinajstić information content (AvgIpc) is 3.37. The molecule has 0 radical (unpaired) electrons. The molecule has 9 nitrogen and oxygen atoms in total. The number of fused-ring (bicyclic) bond motifs is 3. The highest BCUT2D eigenvalue weighted by Crippen LogP contribution is 2.36. The summed E-state index contributed by atoms with van der Waals surface area (Å²) in [6.45, 7) is 8.89. The number of rotatable bonds is 11. The van der Waals surface area contributed by atoms with Crippen LogP contribution in [-0.4, -0.2) is 52.8 Å². The summed E-state index contributed by atoms with van der Waals surface area (Å²) in [6, 6.07) is 28.0. The summed E-state index contributed by atoms with van der Waals surface area (Å²) in [5, 5.41) is 8.03. The van der Waals surface area contributed by atoms with Crippen LogP contribution in [0.4, 0.5) is 22.2 Å². The monoisotopic (exact) mass is 628 g/mol. The molecule has 0 aliphatic carbocycles. The van der Waals surface area contributed by atoms with Gasteiger partial charge in [-0.3, -0.25) is 5.32 Å². The number of amides is 1. The standard InChI is InChI=1S/C38H40N6O3/c1-6-44-34-17-11-27(31-10-7-9-25(2)26(31)3)23-32(34)33-24-30(16-18-35(33)44)47-38(45)42-36-19-20-39-37(41-36)40-28-12-14-29(15-13-28)46-22-8-21-43(4)5/h7,9-20,23-24H,6,8,21-22H2,1-5H3,(H2,39,40,41,42,45). The predicted octanol–water partition coefficient (Wildman–Crippen LogP) is 8.57. The zero-order chi connectivity index (χ0) is 32.9. The van der Waals surface area contributed by atoms with Gasteiger partial charge in [-0.05, 0) is 124 Å². The zero-order valence-corrected chi connectivity index (χ0v) is 27.5. The summed E-state index contributed by atoms with van der Waals surface area (Å²) in [5.41, 5.74) is 7.93. The van der Waals surface area contributed by atoms with Gasteiger partial charge in [0.25, 0.3) is 0 Å². The molecular weight excluding hydrogens is 588 g/mol. The number of hydrogen-bond donors (Lipinski definition) is 2. The first-order chi connectivity index (χ1) is 22.8. The molecule has 0 unspecified atom stereocenters. The molecule has 0 saturated heterocycles. The minimum Gasteiger partial charge on any atom is -0.494 e. The zero-order valence-electron chi connectivity index (χ0n) is 27.5. The molecule has 2 aromatic heterocycles. The van der Waals surface area contributed by atoms with E-state index in [1.807, 2.05) is 56.6 Å². The Bertz CT molecular complexity index is 2030. The van der Waals surface area contributed by atoms with E-state index in [-0.39, 0.29) is 0 Å². The highest BCUT2D eigenvalue weighted by Gasteiger charge is 2.15. The number of aryl methyl sites for hydroxylation is 2. The number of anilines is 3. The summed E-state index contributed by atoms with van der Waals surface area (Å²) >= 11 is 0.